The van der Waals surface area contributed by atoms with Crippen molar-refractivity contribution in [1.29, 1.82) is 5.26 Å². The quantitative estimate of drug-likeness (QED) is 0.245. The predicted molar refractivity (Wildman–Crippen MR) is 148 cm³/mol. The molecule has 4 rings (SSSR count). The van der Waals surface area contributed by atoms with Gasteiger partial charge in [-0.2, -0.15) is 18.4 Å². The zero-order chi connectivity index (χ0) is 28.4. The molecule has 3 aromatic rings. The number of hydrogen-bond donors (Lipinski definition) is 3. The maximum Gasteiger partial charge on any atom is 0.437 e. The Labute approximate surface area is 243 Å². The van der Waals surface area contributed by atoms with E-state index in [1.807, 2.05) is 11.4 Å². The highest BCUT2D eigenvalue weighted by Crippen LogP contribution is 2.52. The number of allylic oxidation sites excluding steroid dienone is 1. The summed E-state index contributed by atoms with van der Waals surface area (Å²) in [5, 5.41) is 27.1. The Morgan fingerprint density at radius 3 is 2.46 bits per heavy atom. The number of carbonyl (C=O) groups is 2. The average Bonchev–Trinajstić information content (AvgIpc) is 3.43. The third-order valence-electron chi connectivity index (χ3n) is 5.96. The van der Waals surface area contributed by atoms with Crippen molar-refractivity contribution < 1.29 is 27.9 Å². The lowest BCUT2D eigenvalue weighted by Crippen LogP contribution is -2.66. The van der Waals surface area contributed by atoms with Gasteiger partial charge < -0.3 is 15.7 Å². The Balaban J connectivity index is 1.79. The monoisotopic (exact) mass is 655 g/mol. The lowest BCUT2D eigenvalue weighted by atomic mass is 9.70. The molecule has 2 heterocycles. The molecular weight excluding hydrogens is 639 g/mol. The molecule has 2 aromatic carbocycles. The first kappa shape index (κ1) is 29.2. The summed E-state index contributed by atoms with van der Waals surface area (Å²) in [5.74, 6) is -5.71. The smallest absolute Gasteiger partial charge is 0.363 e. The van der Waals surface area contributed by atoms with Gasteiger partial charge in [-0.3, -0.25) is 9.59 Å². The second kappa shape index (κ2) is 11.7. The Kier molecular flexibility index (Phi) is 8.78. The van der Waals surface area contributed by atoms with Crippen LogP contribution in [0.15, 0.2) is 81.1 Å². The van der Waals surface area contributed by atoms with Crippen LogP contribution in [0.2, 0.25) is 5.02 Å². The minimum Gasteiger partial charge on any atom is -0.363 e. The van der Waals surface area contributed by atoms with E-state index in [4.69, 9.17) is 11.6 Å². The van der Waals surface area contributed by atoms with Crippen molar-refractivity contribution in [2.75, 3.05) is 11.1 Å². The molecular formula is C26H18BrClF3N3O3S2. The maximum absolute atomic E-state index is 14.6. The Hall–Kier alpha value is -2.82. The number of carbonyl (C=O) groups excluding carboxylic acids is 2. The van der Waals surface area contributed by atoms with Crippen LogP contribution in [0.4, 0.5) is 18.9 Å². The molecule has 0 bridgehead atoms. The fraction of sp³-hybridized carbons (Fsp3) is 0.192. The molecule has 1 aromatic heterocycles. The van der Waals surface area contributed by atoms with Crippen molar-refractivity contribution in [3.8, 4) is 6.07 Å². The second-order valence-corrected chi connectivity index (χ2v) is 11.7. The molecule has 1 aliphatic rings. The van der Waals surface area contributed by atoms with E-state index < -0.39 is 41.2 Å². The highest BCUT2D eigenvalue weighted by Gasteiger charge is 2.66. The fourth-order valence-corrected chi connectivity index (χ4v) is 6.32. The van der Waals surface area contributed by atoms with Crippen LogP contribution < -0.4 is 10.6 Å². The highest BCUT2D eigenvalue weighted by atomic mass is 79.9. The molecule has 0 aliphatic carbocycles. The number of anilines is 1. The van der Waals surface area contributed by atoms with Gasteiger partial charge in [0.2, 0.25) is 11.6 Å². The van der Waals surface area contributed by atoms with Gasteiger partial charge in [-0.25, -0.2) is 0 Å². The van der Waals surface area contributed by atoms with Crippen LogP contribution in [-0.4, -0.2) is 34.5 Å². The number of rotatable bonds is 7. The van der Waals surface area contributed by atoms with Gasteiger partial charge in [-0.05, 0) is 47.3 Å². The molecule has 202 valence electrons. The Bertz CT molecular complexity index is 1460. The topological polar surface area (TPSA) is 102 Å². The minimum absolute atomic E-state index is 0.0167. The van der Waals surface area contributed by atoms with E-state index >= 15 is 0 Å². The van der Waals surface area contributed by atoms with Gasteiger partial charge in [0.1, 0.15) is 0 Å². The van der Waals surface area contributed by atoms with Crippen molar-refractivity contribution in [3.63, 3.8) is 0 Å². The molecule has 1 aliphatic heterocycles. The van der Waals surface area contributed by atoms with Gasteiger partial charge in [-0.1, -0.05) is 63.6 Å². The van der Waals surface area contributed by atoms with E-state index in [1.165, 1.54) is 35.7 Å². The summed E-state index contributed by atoms with van der Waals surface area (Å²) >= 11 is 11.2. The van der Waals surface area contributed by atoms with Gasteiger partial charge in [-0.15, -0.1) is 11.3 Å². The van der Waals surface area contributed by atoms with Gasteiger partial charge in [0.15, 0.2) is 5.78 Å². The standard InChI is InChI=1S/C26H18BrClF3N3O3S2/c27-14-7-9-15(10-8-14)33-20(35)13-39-24-17(12-32)21(16-4-1-2-5-18(16)28)22(23(36)19-6-3-11-38-19)25(37,34-24)26(29,30)31/h1-11,21-22,34,37H,13H2,(H,33,35). The number of nitriles is 1. The minimum atomic E-state index is -5.35. The number of benzene rings is 2. The van der Waals surface area contributed by atoms with E-state index in [2.05, 4.69) is 21.2 Å². The first-order valence-corrected chi connectivity index (χ1v) is 14.2. The summed E-state index contributed by atoms with van der Waals surface area (Å²) in [6, 6.07) is 17.3. The van der Waals surface area contributed by atoms with Crippen LogP contribution in [0.1, 0.15) is 21.2 Å². The molecule has 3 unspecified atom stereocenters. The van der Waals surface area contributed by atoms with E-state index in [9.17, 15) is 33.1 Å². The molecule has 0 saturated carbocycles. The summed E-state index contributed by atoms with van der Waals surface area (Å²) in [6.07, 6.45) is -5.35. The number of ketones is 1. The van der Waals surface area contributed by atoms with Gasteiger partial charge in [0.25, 0.3) is 0 Å². The van der Waals surface area contributed by atoms with Crippen LogP contribution in [0.5, 0.6) is 0 Å². The number of aliphatic hydroxyl groups is 1. The number of thiophene rings is 1. The number of Topliss-reactive ketones (excluding diaryl/α,β-unsaturated/α-hetero) is 1. The third kappa shape index (κ3) is 6.02. The van der Waals surface area contributed by atoms with Crippen LogP contribution >= 0.6 is 50.6 Å². The highest BCUT2D eigenvalue weighted by molar-refractivity contribution is 9.10. The van der Waals surface area contributed by atoms with E-state index in [1.54, 1.807) is 30.3 Å². The van der Waals surface area contributed by atoms with E-state index in [0.717, 1.165) is 15.8 Å². The third-order valence-corrected chi connectivity index (χ3v) is 8.73. The Morgan fingerprint density at radius 1 is 1.18 bits per heavy atom. The summed E-state index contributed by atoms with van der Waals surface area (Å²) < 4.78 is 44.6. The zero-order valence-electron chi connectivity index (χ0n) is 19.6. The van der Waals surface area contributed by atoms with Crippen molar-refractivity contribution in [2.24, 2.45) is 5.92 Å². The summed E-state index contributed by atoms with van der Waals surface area (Å²) in [7, 11) is 0. The molecule has 3 N–H and O–H groups in total. The van der Waals surface area contributed by atoms with Crippen LogP contribution in [0.25, 0.3) is 0 Å². The molecule has 39 heavy (non-hydrogen) atoms. The molecule has 0 saturated heterocycles. The predicted octanol–water partition coefficient (Wildman–Crippen LogP) is 6.71. The lowest BCUT2D eigenvalue weighted by molar-refractivity contribution is -0.285. The lowest BCUT2D eigenvalue weighted by Gasteiger charge is -2.45. The van der Waals surface area contributed by atoms with Crippen LogP contribution in [-0.2, 0) is 4.79 Å². The van der Waals surface area contributed by atoms with Gasteiger partial charge in [0.05, 0.1) is 33.2 Å². The molecule has 6 nitrogen and oxygen atoms in total. The normalized spacial score (nSPS) is 21.2. The maximum atomic E-state index is 14.6. The van der Waals surface area contributed by atoms with Gasteiger partial charge >= 0.3 is 6.18 Å². The van der Waals surface area contributed by atoms with Crippen molar-refractivity contribution in [2.45, 2.75) is 17.8 Å². The van der Waals surface area contributed by atoms with Crippen LogP contribution in [0, 0.1) is 17.2 Å². The molecule has 0 fully saturated rings. The number of alkyl halides is 3. The largest absolute Gasteiger partial charge is 0.437 e. The molecule has 3 atom stereocenters. The summed E-state index contributed by atoms with van der Waals surface area (Å²) in [4.78, 5) is 26.1. The fourth-order valence-electron chi connectivity index (χ4n) is 4.19. The van der Waals surface area contributed by atoms with Crippen molar-refractivity contribution >= 4 is 68.0 Å². The zero-order valence-corrected chi connectivity index (χ0v) is 23.6. The Morgan fingerprint density at radius 2 is 1.87 bits per heavy atom. The van der Waals surface area contributed by atoms with Crippen molar-refractivity contribution in [3.05, 3.63) is 96.6 Å². The number of nitrogens with zero attached hydrogens (tertiary/aromatic N) is 1. The number of halogens is 5. The first-order valence-electron chi connectivity index (χ1n) is 11.2. The summed E-state index contributed by atoms with van der Waals surface area (Å²) in [5.41, 5.74) is -3.51. The van der Waals surface area contributed by atoms with E-state index in [0.29, 0.717) is 17.4 Å². The number of thioether (sulfide) groups is 1. The molecule has 13 heteroatoms. The number of nitrogens with one attached hydrogen (secondary N) is 2. The first-order chi connectivity index (χ1) is 18.5. The summed E-state index contributed by atoms with van der Waals surface area (Å²) in [6.45, 7) is 0. The van der Waals surface area contributed by atoms with E-state index in [-0.39, 0.29) is 26.1 Å². The van der Waals surface area contributed by atoms with Crippen LogP contribution in [0.3, 0.4) is 0 Å². The SMILES string of the molecule is N#CC1=C(SCC(=O)Nc2ccc(Br)cc2)NC(O)(C(F)(F)F)C(C(=O)c2cccs2)C1c1ccccc1Cl. The number of amides is 1. The second-order valence-electron chi connectivity index (χ2n) is 8.41. The van der Waals surface area contributed by atoms with Crippen molar-refractivity contribution in [1.82, 2.24) is 5.32 Å². The molecule has 0 radical (unpaired) electrons. The average molecular weight is 657 g/mol. The molecule has 1 amide bonds. The van der Waals surface area contributed by atoms with Gasteiger partial charge in [0, 0.05) is 21.1 Å². The number of hydrogen-bond acceptors (Lipinski definition) is 7. The molecule has 0 spiro atoms.